The molecule has 6 aromatic rings. The van der Waals surface area contributed by atoms with Crippen LogP contribution >= 0.6 is 0 Å². The average Bonchev–Trinajstić information content (AvgIpc) is 3.11. The second kappa shape index (κ2) is 20.0. The number of carbonyl (C=O) groups excluding carboxylic acids is 1. The molecular weight excluding hydrogens is 659 g/mol. The van der Waals surface area contributed by atoms with Crippen molar-refractivity contribution in [2.75, 3.05) is 24.9 Å². The van der Waals surface area contributed by atoms with E-state index in [0.717, 1.165) is 35.1 Å². The molecule has 0 aliphatic carbocycles. The normalized spacial score (nSPS) is 10.1. The maximum absolute atomic E-state index is 11.7. The van der Waals surface area contributed by atoms with Crippen molar-refractivity contribution in [2.24, 2.45) is 0 Å². The number of anilines is 2. The number of hydrogen-bond acceptors (Lipinski definition) is 11. The van der Waals surface area contributed by atoms with Crippen molar-refractivity contribution in [1.82, 2.24) is 19.9 Å². The Balaban J connectivity index is 0.000000325. The molecule has 4 aromatic carbocycles. The number of benzene rings is 4. The SMILES string of the molecule is CC(C)Nc1nc2cc(C(=O)O)ccc2nc1-c1ccccc1.CO.COC(=O)c1ccc2nc(-c3ccccc3)c(NC(C)C)nc2c1.[Na+].[OH-]. The number of methoxy groups -OCH3 is 1. The molecule has 0 saturated heterocycles. The number of esters is 1. The molecule has 5 N–H and O–H groups in total. The molecule has 51 heavy (non-hydrogen) atoms. The van der Waals surface area contributed by atoms with Crippen LogP contribution in [0.1, 0.15) is 48.4 Å². The Hall–Kier alpha value is -4.98. The summed E-state index contributed by atoms with van der Waals surface area (Å²) in [5.74, 6) is -0.00429. The summed E-state index contributed by atoms with van der Waals surface area (Å²) >= 11 is 0. The van der Waals surface area contributed by atoms with E-state index in [1.54, 1.807) is 36.4 Å². The number of nitrogens with zero attached hydrogens (tertiary/aromatic N) is 4. The Labute approximate surface area is 319 Å². The molecule has 0 aliphatic heterocycles. The van der Waals surface area contributed by atoms with Gasteiger partial charge >= 0.3 is 41.5 Å². The van der Waals surface area contributed by atoms with Crippen molar-refractivity contribution in [3.63, 3.8) is 0 Å². The van der Waals surface area contributed by atoms with Crippen LogP contribution in [0.3, 0.4) is 0 Å². The summed E-state index contributed by atoms with van der Waals surface area (Å²) in [4.78, 5) is 41.6. The van der Waals surface area contributed by atoms with Crippen LogP contribution in [0.15, 0.2) is 97.1 Å². The molecule has 0 saturated carbocycles. The Morgan fingerprint density at radius 2 is 1.00 bits per heavy atom. The van der Waals surface area contributed by atoms with E-state index in [1.807, 2.05) is 88.4 Å². The predicted molar refractivity (Wildman–Crippen MR) is 196 cm³/mol. The van der Waals surface area contributed by atoms with Gasteiger partial charge in [-0.15, -0.1) is 0 Å². The first-order valence-electron chi connectivity index (χ1n) is 15.7. The molecule has 12 nitrogen and oxygen atoms in total. The molecule has 2 aromatic heterocycles. The van der Waals surface area contributed by atoms with Crippen molar-refractivity contribution >= 4 is 45.6 Å². The van der Waals surface area contributed by atoms with E-state index in [4.69, 9.17) is 19.9 Å². The van der Waals surface area contributed by atoms with Gasteiger partial charge in [0.1, 0.15) is 11.4 Å². The molecule has 0 fully saturated rings. The number of aromatic carboxylic acids is 1. The van der Waals surface area contributed by atoms with Crippen molar-refractivity contribution < 1.29 is 59.6 Å². The minimum Gasteiger partial charge on any atom is -0.870 e. The number of ether oxygens (including phenoxy) is 1. The summed E-state index contributed by atoms with van der Waals surface area (Å²) < 4.78 is 4.77. The van der Waals surface area contributed by atoms with Gasteiger partial charge < -0.3 is 31.1 Å². The maximum atomic E-state index is 11.7. The van der Waals surface area contributed by atoms with Gasteiger partial charge in [-0.25, -0.2) is 29.5 Å². The molecule has 0 radical (unpaired) electrons. The van der Waals surface area contributed by atoms with Crippen LogP contribution in [-0.2, 0) is 4.74 Å². The molecule has 0 atom stereocenters. The second-order valence-corrected chi connectivity index (χ2v) is 11.4. The largest absolute Gasteiger partial charge is 1.00 e. The van der Waals surface area contributed by atoms with Gasteiger partial charge in [0.05, 0.1) is 40.3 Å². The zero-order chi connectivity index (χ0) is 35.5. The predicted octanol–water partition coefficient (Wildman–Crippen LogP) is 4.15. The molecule has 0 amide bonds. The molecular formula is C38H41N6NaO6. The summed E-state index contributed by atoms with van der Waals surface area (Å²) in [6, 6.07) is 30.1. The summed E-state index contributed by atoms with van der Waals surface area (Å²) in [5, 5.41) is 22.8. The number of carboxylic acids is 1. The van der Waals surface area contributed by atoms with Gasteiger partial charge in [-0.3, -0.25) is 0 Å². The van der Waals surface area contributed by atoms with E-state index in [-0.39, 0.29) is 58.6 Å². The van der Waals surface area contributed by atoms with Gasteiger partial charge in [0, 0.05) is 30.3 Å². The van der Waals surface area contributed by atoms with E-state index in [9.17, 15) is 9.59 Å². The fraction of sp³-hybridized carbons (Fsp3) is 0.211. The number of rotatable bonds is 8. The first-order valence-corrected chi connectivity index (χ1v) is 15.7. The topological polar surface area (TPSA) is 189 Å². The maximum Gasteiger partial charge on any atom is 1.00 e. The Morgan fingerprint density at radius 1 is 0.608 bits per heavy atom. The fourth-order valence-corrected chi connectivity index (χ4v) is 4.83. The second-order valence-electron chi connectivity index (χ2n) is 11.4. The van der Waals surface area contributed by atoms with Crippen molar-refractivity contribution in [1.29, 1.82) is 0 Å². The monoisotopic (exact) mass is 700 g/mol. The van der Waals surface area contributed by atoms with E-state index in [2.05, 4.69) is 25.6 Å². The van der Waals surface area contributed by atoms with Crippen LogP contribution in [0, 0.1) is 0 Å². The average molecular weight is 701 g/mol. The summed E-state index contributed by atoms with van der Waals surface area (Å²) in [7, 11) is 2.36. The Bertz CT molecular complexity index is 2050. The number of carbonyl (C=O) groups is 2. The number of aliphatic hydroxyl groups excluding tert-OH is 1. The van der Waals surface area contributed by atoms with Crippen molar-refractivity contribution in [2.45, 2.75) is 39.8 Å². The summed E-state index contributed by atoms with van der Waals surface area (Å²) in [6.07, 6.45) is 0. The van der Waals surface area contributed by atoms with E-state index >= 15 is 0 Å². The first-order chi connectivity index (χ1) is 23.6. The zero-order valence-corrected chi connectivity index (χ0v) is 31.7. The third kappa shape index (κ3) is 11.0. The molecule has 0 aliphatic rings. The van der Waals surface area contributed by atoms with E-state index < -0.39 is 5.97 Å². The molecule has 13 heteroatoms. The molecule has 6 rings (SSSR count). The van der Waals surface area contributed by atoms with Crippen LogP contribution in [0.2, 0.25) is 0 Å². The van der Waals surface area contributed by atoms with Crippen molar-refractivity contribution in [3.8, 4) is 22.5 Å². The number of carboxylic acid groups (broad SMARTS) is 1. The number of hydrogen-bond donors (Lipinski definition) is 4. The van der Waals surface area contributed by atoms with Crippen LogP contribution in [0.25, 0.3) is 44.6 Å². The third-order valence-electron chi connectivity index (χ3n) is 6.94. The smallest absolute Gasteiger partial charge is 0.870 e. The Morgan fingerprint density at radius 3 is 1.37 bits per heavy atom. The van der Waals surface area contributed by atoms with Gasteiger partial charge in [0.2, 0.25) is 0 Å². The van der Waals surface area contributed by atoms with Crippen LogP contribution < -0.4 is 40.2 Å². The zero-order valence-electron chi connectivity index (χ0n) is 29.7. The number of aromatic nitrogens is 4. The molecule has 260 valence electrons. The molecule has 0 unspecified atom stereocenters. The Kier molecular flexibility index (Phi) is 16.6. The van der Waals surface area contributed by atoms with Gasteiger partial charge in [-0.05, 0) is 64.1 Å². The third-order valence-corrected chi connectivity index (χ3v) is 6.94. The molecule has 2 heterocycles. The van der Waals surface area contributed by atoms with Crippen LogP contribution in [-0.4, -0.2) is 73.9 Å². The van der Waals surface area contributed by atoms with Gasteiger partial charge in [-0.2, -0.15) is 0 Å². The number of nitrogens with one attached hydrogen (secondary N) is 2. The van der Waals surface area contributed by atoms with Gasteiger partial charge in [0.25, 0.3) is 0 Å². The fourth-order valence-electron chi connectivity index (χ4n) is 4.83. The van der Waals surface area contributed by atoms with Crippen molar-refractivity contribution in [3.05, 3.63) is 108 Å². The summed E-state index contributed by atoms with van der Waals surface area (Å²) in [6.45, 7) is 8.14. The van der Waals surface area contributed by atoms with Crippen LogP contribution in [0.4, 0.5) is 11.6 Å². The first kappa shape index (κ1) is 42.2. The van der Waals surface area contributed by atoms with Gasteiger partial charge in [-0.1, -0.05) is 60.7 Å². The summed E-state index contributed by atoms with van der Waals surface area (Å²) in [5.41, 5.74) is 6.79. The van der Waals surface area contributed by atoms with Gasteiger partial charge in [0.15, 0.2) is 11.6 Å². The number of fused-ring (bicyclic) bond motifs is 2. The minimum absolute atomic E-state index is 0. The standard InChI is InChI=1S/C19H19N3O2.C18H17N3O2.CH4O.Na.H2O/c1-12(2)20-18-17(13-7-5-4-6-8-13)21-15-10-9-14(19(23)24-3)11-16(15)22-18;1-11(2)19-17-16(12-6-4-3-5-7-12)20-14-9-8-13(18(22)23)10-15(14)21-17;1-2;;/h4-12H,1-3H3,(H,20,22);3-11H,1-2H3,(H,19,21)(H,22,23);2H,1H3;;1H2/q;;;+1;/p-1. The van der Waals surface area contributed by atoms with E-state index in [1.165, 1.54) is 7.11 Å². The van der Waals surface area contributed by atoms with Crippen LogP contribution in [0.5, 0.6) is 0 Å². The minimum atomic E-state index is -0.973. The molecule has 0 bridgehead atoms. The number of aliphatic hydroxyl groups is 1. The molecule has 0 spiro atoms. The van der Waals surface area contributed by atoms with E-state index in [0.29, 0.717) is 33.7 Å². The quantitative estimate of drug-likeness (QED) is 0.131.